The Morgan fingerprint density at radius 3 is 2.53 bits per heavy atom. The molecule has 0 unspecified atom stereocenters. The first-order valence-electron chi connectivity index (χ1n) is 10.2. The van der Waals surface area contributed by atoms with Gasteiger partial charge in [-0.25, -0.2) is 0 Å². The lowest BCUT2D eigenvalue weighted by Crippen LogP contribution is -2.05. The average molecular weight is 392 g/mol. The van der Waals surface area contributed by atoms with Gasteiger partial charge in [-0.1, -0.05) is 80.6 Å². The minimum Gasteiger partial charge on any atom is -0.274 e. The standard InChI is InChI=1S/C27H25N3/c1-20(2)18-19-24-21(3)12-11-17-25(24)30-26(22-13-7-4-5-8-14-22)28-29-27(30)23-15-9-6-10-16-23/h4,6-20H,1-3H3/b19-18-. The zero-order valence-electron chi connectivity index (χ0n) is 17.6. The maximum atomic E-state index is 4.61. The van der Waals surface area contributed by atoms with E-state index in [1.807, 2.05) is 48.6 Å². The van der Waals surface area contributed by atoms with E-state index in [0.29, 0.717) is 5.92 Å². The van der Waals surface area contributed by atoms with Gasteiger partial charge in [-0.2, -0.15) is 0 Å². The maximum Gasteiger partial charge on any atom is 0.168 e. The summed E-state index contributed by atoms with van der Waals surface area (Å²) in [6.07, 6.45) is 14.3. The fourth-order valence-electron chi connectivity index (χ4n) is 3.44. The highest BCUT2D eigenvalue weighted by Gasteiger charge is 2.19. The van der Waals surface area contributed by atoms with Gasteiger partial charge in [-0.05, 0) is 42.7 Å². The second-order valence-corrected chi connectivity index (χ2v) is 7.64. The fraction of sp³-hybridized carbons (Fsp3) is 0.148. The van der Waals surface area contributed by atoms with E-state index in [4.69, 9.17) is 0 Å². The van der Waals surface area contributed by atoms with E-state index in [-0.39, 0.29) is 0 Å². The Labute approximate surface area is 178 Å². The number of nitrogens with zero attached hydrogens (tertiary/aromatic N) is 3. The monoisotopic (exact) mass is 391 g/mol. The van der Waals surface area contributed by atoms with Crippen molar-refractivity contribution in [1.29, 1.82) is 0 Å². The van der Waals surface area contributed by atoms with Crippen LogP contribution in [0.5, 0.6) is 0 Å². The van der Waals surface area contributed by atoms with Crippen molar-refractivity contribution in [2.75, 3.05) is 0 Å². The van der Waals surface area contributed by atoms with Crippen LogP contribution in [0.1, 0.15) is 30.8 Å². The molecule has 0 saturated carbocycles. The molecule has 0 bridgehead atoms. The first-order valence-corrected chi connectivity index (χ1v) is 10.2. The summed E-state index contributed by atoms with van der Waals surface area (Å²) in [7, 11) is 0. The molecule has 0 aliphatic heterocycles. The van der Waals surface area contributed by atoms with Crippen molar-refractivity contribution >= 4 is 11.6 Å². The maximum absolute atomic E-state index is 4.61. The lowest BCUT2D eigenvalue weighted by atomic mass is 10.0. The van der Waals surface area contributed by atoms with Crippen molar-refractivity contribution in [3.63, 3.8) is 0 Å². The summed E-state index contributed by atoms with van der Waals surface area (Å²) in [5.41, 5.74) is 8.60. The van der Waals surface area contributed by atoms with E-state index >= 15 is 0 Å². The number of hydrogen-bond donors (Lipinski definition) is 0. The highest BCUT2D eigenvalue weighted by atomic mass is 15.3. The van der Waals surface area contributed by atoms with E-state index in [1.165, 1.54) is 11.1 Å². The number of hydrogen-bond acceptors (Lipinski definition) is 2. The molecule has 0 atom stereocenters. The number of rotatable bonds is 5. The highest BCUT2D eigenvalue weighted by molar-refractivity contribution is 5.77. The first-order chi connectivity index (χ1) is 14.6. The van der Waals surface area contributed by atoms with Gasteiger partial charge in [0.25, 0.3) is 0 Å². The van der Waals surface area contributed by atoms with Crippen LogP contribution in [0, 0.1) is 12.8 Å². The first kappa shape index (κ1) is 19.6. The van der Waals surface area contributed by atoms with Crippen LogP contribution in [0.25, 0.3) is 28.7 Å². The molecule has 2 aromatic carbocycles. The van der Waals surface area contributed by atoms with Crippen LogP contribution in [0.15, 0.2) is 90.7 Å². The predicted molar refractivity (Wildman–Crippen MR) is 125 cm³/mol. The lowest BCUT2D eigenvalue weighted by Gasteiger charge is -2.16. The molecule has 4 rings (SSSR count). The Balaban J connectivity index is 1.99. The van der Waals surface area contributed by atoms with Crippen LogP contribution >= 0.6 is 0 Å². The fourth-order valence-corrected chi connectivity index (χ4v) is 3.44. The minimum atomic E-state index is 0.468. The van der Waals surface area contributed by atoms with Gasteiger partial charge < -0.3 is 0 Å². The van der Waals surface area contributed by atoms with Crippen LogP contribution in [0.3, 0.4) is 0 Å². The Hall–Kier alpha value is -3.68. The van der Waals surface area contributed by atoms with Crippen molar-refractivity contribution in [2.45, 2.75) is 20.8 Å². The van der Waals surface area contributed by atoms with Gasteiger partial charge in [0.2, 0.25) is 0 Å². The summed E-state index contributed by atoms with van der Waals surface area (Å²) in [5, 5.41) is 9.21. The van der Waals surface area contributed by atoms with Crippen molar-refractivity contribution in [2.24, 2.45) is 5.92 Å². The molecule has 3 nitrogen and oxygen atoms in total. The number of aryl methyl sites for hydroxylation is 1. The Kier molecular flexibility index (Phi) is 5.74. The van der Waals surface area contributed by atoms with Gasteiger partial charge in [0, 0.05) is 16.7 Å². The third-order valence-electron chi connectivity index (χ3n) is 4.97. The molecule has 3 heteroatoms. The average Bonchev–Trinajstić information content (AvgIpc) is 3.00. The highest BCUT2D eigenvalue weighted by Crippen LogP contribution is 2.31. The molecule has 1 aliphatic rings. The van der Waals surface area contributed by atoms with Gasteiger partial charge in [-0.3, -0.25) is 4.57 Å². The van der Waals surface area contributed by atoms with Gasteiger partial charge in [0.05, 0.1) is 5.69 Å². The summed E-state index contributed by atoms with van der Waals surface area (Å²) >= 11 is 0. The second kappa shape index (κ2) is 8.77. The summed E-state index contributed by atoms with van der Waals surface area (Å²) in [4.78, 5) is 0. The number of aromatic nitrogens is 3. The van der Waals surface area contributed by atoms with E-state index in [2.05, 4.69) is 83.8 Å². The molecule has 0 radical (unpaired) electrons. The third-order valence-corrected chi connectivity index (χ3v) is 4.97. The summed E-state index contributed by atoms with van der Waals surface area (Å²) in [5.74, 6) is 2.10. The SMILES string of the molecule is Cc1cccc(-n2c(C3=CC=C=CC=C3)nnc2-c2ccccc2)c1/C=C\C(C)C. The van der Waals surface area contributed by atoms with Crippen molar-refractivity contribution < 1.29 is 0 Å². The van der Waals surface area contributed by atoms with Crippen LogP contribution in [0.4, 0.5) is 0 Å². The Morgan fingerprint density at radius 2 is 1.73 bits per heavy atom. The minimum absolute atomic E-state index is 0.468. The van der Waals surface area contributed by atoms with E-state index in [1.54, 1.807) is 0 Å². The van der Waals surface area contributed by atoms with E-state index in [9.17, 15) is 0 Å². The summed E-state index contributed by atoms with van der Waals surface area (Å²) in [6.45, 7) is 6.52. The molecule has 0 spiro atoms. The van der Waals surface area contributed by atoms with Crippen molar-refractivity contribution in [1.82, 2.24) is 14.8 Å². The molecule has 148 valence electrons. The Morgan fingerprint density at radius 1 is 0.933 bits per heavy atom. The van der Waals surface area contributed by atoms with Crippen LogP contribution in [-0.4, -0.2) is 14.8 Å². The number of benzene rings is 2. The van der Waals surface area contributed by atoms with Gasteiger partial charge in [-0.15, -0.1) is 15.9 Å². The largest absolute Gasteiger partial charge is 0.274 e. The normalized spacial score (nSPS) is 13.3. The molecule has 0 N–H and O–H groups in total. The molecule has 0 fully saturated rings. The van der Waals surface area contributed by atoms with Crippen LogP contribution < -0.4 is 0 Å². The second-order valence-electron chi connectivity index (χ2n) is 7.64. The smallest absolute Gasteiger partial charge is 0.168 e. The lowest BCUT2D eigenvalue weighted by molar-refractivity contribution is 0.836. The van der Waals surface area contributed by atoms with Gasteiger partial charge in [0.1, 0.15) is 0 Å². The molecule has 0 saturated heterocycles. The van der Waals surface area contributed by atoms with Gasteiger partial charge in [0.15, 0.2) is 11.6 Å². The molecular weight excluding hydrogens is 366 g/mol. The molecular formula is C27H25N3. The van der Waals surface area contributed by atoms with Crippen molar-refractivity contribution in [3.8, 4) is 17.1 Å². The topological polar surface area (TPSA) is 30.7 Å². The van der Waals surface area contributed by atoms with Crippen LogP contribution in [-0.2, 0) is 0 Å². The molecule has 1 heterocycles. The summed E-state index contributed by atoms with van der Waals surface area (Å²) in [6, 6.07) is 16.6. The molecule has 3 aromatic rings. The van der Waals surface area contributed by atoms with E-state index < -0.39 is 0 Å². The molecule has 30 heavy (non-hydrogen) atoms. The molecule has 0 amide bonds. The summed E-state index contributed by atoms with van der Waals surface area (Å²) < 4.78 is 2.16. The van der Waals surface area contributed by atoms with Crippen molar-refractivity contribution in [3.05, 3.63) is 108 Å². The van der Waals surface area contributed by atoms with Gasteiger partial charge >= 0.3 is 0 Å². The Bertz CT molecular complexity index is 1200. The quantitative estimate of drug-likeness (QED) is 0.460. The van der Waals surface area contributed by atoms with Crippen LogP contribution in [0.2, 0.25) is 0 Å². The molecule has 1 aromatic heterocycles. The zero-order valence-corrected chi connectivity index (χ0v) is 17.6. The zero-order chi connectivity index (χ0) is 20.9. The van der Waals surface area contributed by atoms with E-state index in [0.717, 1.165) is 28.5 Å². The third kappa shape index (κ3) is 4.03. The number of allylic oxidation sites excluding steroid dienone is 6. The molecule has 1 aliphatic carbocycles. The predicted octanol–water partition coefficient (Wildman–Crippen LogP) is 6.58.